The molecule has 2 aromatic carbocycles. The highest BCUT2D eigenvalue weighted by Crippen LogP contribution is 2.34. The van der Waals surface area contributed by atoms with Gasteiger partial charge in [0, 0.05) is 42.9 Å². The van der Waals surface area contributed by atoms with Gasteiger partial charge in [-0.25, -0.2) is 0 Å². The molecule has 1 aliphatic heterocycles. The van der Waals surface area contributed by atoms with E-state index in [0.29, 0.717) is 28.4 Å². The first-order chi connectivity index (χ1) is 12.9. The lowest BCUT2D eigenvalue weighted by Gasteiger charge is -2.21. The standard InChI is InChI=1S/C20H20N2O5/c1-13(23)15-3-6-17(7-4-15)22(14(2)24)10-9-20(25)21-16-5-8-18-19(11-16)27-12-26-18/h3-8,11H,9-10,12H2,1-2H3,(H,21,25). The van der Waals surface area contributed by atoms with Gasteiger partial charge >= 0.3 is 0 Å². The van der Waals surface area contributed by atoms with Crippen molar-refractivity contribution in [2.45, 2.75) is 20.3 Å². The van der Waals surface area contributed by atoms with E-state index in [2.05, 4.69) is 5.32 Å². The van der Waals surface area contributed by atoms with E-state index in [4.69, 9.17) is 9.47 Å². The van der Waals surface area contributed by atoms with Crippen LogP contribution < -0.4 is 19.7 Å². The lowest BCUT2D eigenvalue weighted by Crippen LogP contribution is -2.32. The van der Waals surface area contributed by atoms with Crippen molar-refractivity contribution in [3.05, 3.63) is 48.0 Å². The van der Waals surface area contributed by atoms with Crippen molar-refractivity contribution in [3.8, 4) is 11.5 Å². The number of Topliss-reactive ketones (excluding diaryl/α,β-unsaturated/α-hetero) is 1. The monoisotopic (exact) mass is 368 g/mol. The minimum Gasteiger partial charge on any atom is -0.454 e. The minimum absolute atomic E-state index is 0.0426. The number of anilines is 2. The Kier molecular flexibility index (Phi) is 5.40. The number of rotatable bonds is 6. The predicted molar refractivity (Wildman–Crippen MR) is 100 cm³/mol. The van der Waals surface area contributed by atoms with Crippen LogP contribution in [-0.4, -0.2) is 30.9 Å². The summed E-state index contributed by atoms with van der Waals surface area (Å²) in [6.45, 7) is 3.32. The quantitative estimate of drug-likeness (QED) is 0.793. The lowest BCUT2D eigenvalue weighted by atomic mass is 10.1. The van der Waals surface area contributed by atoms with Crippen LogP contribution in [0.1, 0.15) is 30.6 Å². The summed E-state index contributed by atoms with van der Waals surface area (Å²) in [6, 6.07) is 11.9. The summed E-state index contributed by atoms with van der Waals surface area (Å²) in [4.78, 5) is 37.1. The summed E-state index contributed by atoms with van der Waals surface area (Å²) in [5.74, 6) is 0.787. The summed E-state index contributed by atoms with van der Waals surface area (Å²) in [6.07, 6.45) is 0.127. The van der Waals surface area contributed by atoms with Gasteiger partial charge in [-0.05, 0) is 43.3 Å². The number of hydrogen-bond acceptors (Lipinski definition) is 5. The molecule has 2 aromatic rings. The van der Waals surface area contributed by atoms with E-state index in [-0.39, 0.29) is 37.4 Å². The molecule has 0 unspecified atom stereocenters. The van der Waals surface area contributed by atoms with E-state index in [1.807, 2.05) is 0 Å². The zero-order chi connectivity index (χ0) is 19.4. The van der Waals surface area contributed by atoms with Crippen molar-refractivity contribution >= 4 is 29.0 Å². The van der Waals surface area contributed by atoms with Gasteiger partial charge in [0.1, 0.15) is 0 Å². The van der Waals surface area contributed by atoms with Gasteiger partial charge in [0.05, 0.1) is 0 Å². The van der Waals surface area contributed by atoms with E-state index in [1.54, 1.807) is 42.5 Å². The van der Waals surface area contributed by atoms with Crippen LogP contribution in [-0.2, 0) is 9.59 Å². The fraction of sp³-hybridized carbons (Fsp3) is 0.250. The molecule has 0 saturated carbocycles. The van der Waals surface area contributed by atoms with E-state index < -0.39 is 0 Å². The number of hydrogen-bond donors (Lipinski definition) is 1. The second kappa shape index (κ2) is 7.90. The molecule has 0 bridgehead atoms. The first-order valence-electron chi connectivity index (χ1n) is 8.52. The second-order valence-corrected chi connectivity index (χ2v) is 6.14. The van der Waals surface area contributed by atoms with Crippen LogP contribution in [0.25, 0.3) is 0 Å². The first kappa shape index (κ1) is 18.4. The Bertz CT molecular complexity index is 876. The Labute approximate surface area is 156 Å². The Hall–Kier alpha value is -3.35. The number of fused-ring (bicyclic) bond motifs is 1. The molecule has 0 aromatic heterocycles. The number of carbonyl (C=O) groups excluding carboxylic acids is 3. The van der Waals surface area contributed by atoms with Crippen LogP contribution >= 0.6 is 0 Å². The van der Waals surface area contributed by atoms with Gasteiger partial charge in [0.15, 0.2) is 17.3 Å². The van der Waals surface area contributed by atoms with Gasteiger partial charge in [0.25, 0.3) is 0 Å². The highest BCUT2D eigenvalue weighted by atomic mass is 16.7. The molecule has 2 amide bonds. The molecule has 0 atom stereocenters. The van der Waals surface area contributed by atoms with Crippen LogP contribution in [0.15, 0.2) is 42.5 Å². The fourth-order valence-corrected chi connectivity index (χ4v) is 2.76. The molecule has 1 heterocycles. The average Bonchev–Trinajstić information content (AvgIpc) is 3.09. The van der Waals surface area contributed by atoms with Crippen molar-refractivity contribution in [2.75, 3.05) is 23.6 Å². The van der Waals surface area contributed by atoms with Gasteiger partial charge in [-0.3, -0.25) is 14.4 Å². The Balaban J connectivity index is 1.61. The Morgan fingerprint density at radius 3 is 2.37 bits per heavy atom. The van der Waals surface area contributed by atoms with Crippen LogP contribution in [0.4, 0.5) is 11.4 Å². The van der Waals surface area contributed by atoms with Crippen molar-refractivity contribution in [2.24, 2.45) is 0 Å². The third-order valence-electron chi connectivity index (χ3n) is 4.18. The molecule has 0 aliphatic carbocycles. The summed E-state index contributed by atoms with van der Waals surface area (Å²) in [7, 11) is 0. The largest absolute Gasteiger partial charge is 0.454 e. The number of benzene rings is 2. The van der Waals surface area contributed by atoms with Crippen LogP contribution in [0, 0.1) is 0 Å². The molecule has 0 fully saturated rings. The number of amides is 2. The van der Waals surface area contributed by atoms with E-state index in [1.165, 1.54) is 18.7 Å². The van der Waals surface area contributed by atoms with Crippen molar-refractivity contribution in [1.29, 1.82) is 0 Å². The third-order valence-corrected chi connectivity index (χ3v) is 4.18. The molecular weight excluding hydrogens is 348 g/mol. The number of carbonyl (C=O) groups is 3. The van der Waals surface area contributed by atoms with Crippen LogP contribution in [0.2, 0.25) is 0 Å². The zero-order valence-electron chi connectivity index (χ0n) is 15.2. The van der Waals surface area contributed by atoms with Gasteiger partial charge in [-0.15, -0.1) is 0 Å². The second-order valence-electron chi connectivity index (χ2n) is 6.14. The number of ether oxygens (including phenoxy) is 2. The third kappa shape index (κ3) is 4.44. The summed E-state index contributed by atoms with van der Waals surface area (Å²) < 4.78 is 10.5. The molecular formula is C20H20N2O5. The molecule has 3 rings (SSSR count). The maximum Gasteiger partial charge on any atom is 0.231 e. The van der Waals surface area contributed by atoms with Gasteiger partial charge in [0.2, 0.25) is 18.6 Å². The summed E-state index contributed by atoms with van der Waals surface area (Å²) in [5, 5.41) is 2.78. The summed E-state index contributed by atoms with van der Waals surface area (Å²) in [5.41, 5.74) is 1.82. The molecule has 7 nitrogen and oxygen atoms in total. The normalized spacial score (nSPS) is 11.8. The number of ketones is 1. The van der Waals surface area contributed by atoms with Crippen molar-refractivity contribution in [3.63, 3.8) is 0 Å². The molecule has 27 heavy (non-hydrogen) atoms. The number of nitrogens with one attached hydrogen (secondary N) is 1. The average molecular weight is 368 g/mol. The SMILES string of the molecule is CC(=O)c1ccc(N(CCC(=O)Nc2ccc3c(c2)OCO3)C(C)=O)cc1. The molecule has 1 N–H and O–H groups in total. The number of nitrogens with zero attached hydrogens (tertiary/aromatic N) is 1. The lowest BCUT2D eigenvalue weighted by molar-refractivity contribution is -0.117. The molecule has 0 saturated heterocycles. The Morgan fingerprint density at radius 2 is 1.70 bits per heavy atom. The van der Waals surface area contributed by atoms with Gasteiger partial charge in [-0.2, -0.15) is 0 Å². The topological polar surface area (TPSA) is 84.9 Å². The van der Waals surface area contributed by atoms with Crippen LogP contribution in [0.3, 0.4) is 0 Å². The van der Waals surface area contributed by atoms with E-state index >= 15 is 0 Å². The fourth-order valence-electron chi connectivity index (χ4n) is 2.76. The van der Waals surface area contributed by atoms with Gasteiger partial charge < -0.3 is 19.7 Å². The van der Waals surface area contributed by atoms with Crippen molar-refractivity contribution in [1.82, 2.24) is 0 Å². The minimum atomic E-state index is -0.222. The van der Waals surface area contributed by atoms with Gasteiger partial charge in [-0.1, -0.05) is 0 Å². The van der Waals surface area contributed by atoms with E-state index in [0.717, 1.165) is 0 Å². The molecule has 7 heteroatoms. The van der Waals surface area contributed by atoms with E-state index in [9.17, 15) is 14.4 Å². The predicted octanol–water partition coefficient (Wildman–Crippen LogP) is 3.00. The molecule has 0 spiro atoms. The molecule has 1 aliphatic rings. The highest BCUT2D eigenvalue weighted by molar-refractivity contribution is 5.97. The maximum atomic E-state index is 12.2. The van der Waals surface area contributed by atoms with Crippen molar-refractivity contribution < 1.29 is 23.9 Å². The molecule has 140 valence electrons. The maximum absolute atomic E-state index is 12.2. The first-order valence-corrected chi connectivity index (χ1v) is 8.52. The molecule has 0 radical (unpaired) electrons. The zero-order valence-corrected chi connectivity index (χ0v) is 15.2. The highest BCUT2D eigenvalue weighted by Gasteiger charge is 2.16. The smallest absolute Gasteiger partial charge is 0.231 e. The van der Waals surface area contributed by atoms with Crippen LogP contribution in [0.5, 0.6) is 11.5 Å². The summed E-state index contributed by atoms with van der Waals surface area (Å²) >= 11 is 0. The Morgan fingerprint density at radius 1 is 1.00 bits per heavy atom.